The minimum Gasteiger partial charge on any atom is -0.441 e. The van der Waals surface area contributed by atoms with Crippen LogP contribution in [0.3, 0.4) is 0 Å². The molecule has 0 spiro atoms. The molecule has 6 nitrogen and oxygen atoms in total. The van der Waals surface area contributed by atoms with E-state index in [-0.39, 0.29) is 11.4 Å². The second kappa shape index (κ2) is 8.46. The molecule has 1 aromatic heterocycles. The van der Waals surface area contributed by atoms with Gasteiger partial charge in [0.1, 0.15) is 17.3 Å². The third-order valence-electron chi connectivity index (χ3n) is 4.18. The predicted molar refractivity (Wildman–Crippen MR) is 112 cm³/mol. The third kappa shape index (κ3) is 5.30. The standard InChI is InChI=1S/C20H18BrFN2O4S/c1-12-5-3-4-6-15(12)20-24-18(13(2)28-20)10-29(26,27)11-19(25)23-17-8-7-14(21)9-16(17)22/h3-9H,10-11H2,1-2H3,(H,23,25). The van der Waals surface area contributed by atoms with Crippen LogP contribution in [0.1, 0.15) is 17.0 Å². The Kier molecular flexibility index (Phi) is 6.18. The molecule has 0 unspecified atom stereocenters. The molecular weight excluding hydrogens is 463 g/mol. The minimum absolute atomic E-state index is 0.0899. The van der Waals surface area contributed by atoms with Crippen molar-refractivity contribution in [1.29, 1.82) is 0 Å². The Hall–Kier alpha value is -2.52. The second-order valence-electron chi connectivity index (χ2n) is 6.54. The molecule has 1 amide bonds. The largest absolute Gasteiger partial charge is 0.441 e. The Morgan fingerprint density at radius 2 is 1.93 bits per heavy atom. The number of oxazole rings is 1. The normalized spacial score (nSPS) is 11.4. The molecule has 29 heavy (non-hydrogen) atoms. The quantitative estimate of drug-likeness (QED) is 0.564. The molecule has 2 aromatic carbocycles. The lowest BCUT2D eigenvalue weighted by atomic mass is 10.1. The monoisotopic (exact) mass is 480 g/mol. The molecule has 3 rings (SSSR count). The van der Waals surface area contributed by atoms with Crippen LogP contribution < -0.4 is 5.32 Å². The number of hydrogen-bond acceptors (Lipinski definition) is 5. The van der Waals surface area contributed by atoms with Gasteiger partial charge in [-0.15, -0.1) is 0 Å². The number of amides is 1. The lowest BCUT2D eigenvalue weighted by Gasteiger charge is -2.07. The van der Waals surface area contributed by atoms with Gasteiger partial charge in [0.2, 0.25) is 11.8 Å². The summed E-state index contributed by atoms with van der Waals surface area (Å²) in [4.78, 5) is 16.4. The van der Waals surface area contributed by atoms with Crippen LogP contribution in [0.4, 0.5) is 10.1 Å². The summed E-state index contributed by atoms with van der Waals surface area (Å²) >= 11 is 3.11. The first-order valence-corrected chi connectivity index (χ1v) is 11.2. The summed E-state index contributed by atoms with van der Waals surface area (Å²) < 4.78 is 44.9. The number of halogens is 2. The van der Waals surface area contributed by atoms with Crippen molar-refractivity contribution in [3.8, 4) is 11.5 Å². The maximum atomic E-state index is 13.8. The van der Waals surface area contributed by atoms with Gasteiger partial charge < -0.3 is 9.73 Å². The van der Waals surface area contributed by atoms with Gasteiger partial charge in [0, 0.05) is 10.0 Å². The SMILES string of the molecule is Cc1ccccc1-c1nc(CS(=O)(=O)CC(=O)Nc2ccc(Br)cc2F)c(C)o1. The molecular formula is C20H18BrFN2O4S. The topological polar surface area (TPSA) is 89.3 Å². The molecule has 3 aromatic rings. The van der Waals surface area contributed by atoms with E-state index in [1.54, 1.807) is 13.0 Å². The van der Waals surface area contributed by atoms with Crippen LogP contribution in [-0.4, -0.2) is 25.1 Å². The molecule has 0 radical (unpaired) electrons. The number of aryl methyl sites for hydroxylation is 2. The van der Waals surface area contributed by atoms with Crippen LogP contribution in [0.5, 0.6) is 0 Å². The van der Waals surface area contributed by atoms with Gasteiger partial charge in [-0.1, -0.05) is 34.1 Å². The van der Waals surface area contributed by atoms with E-state index in [9.17, 15) is 17.6 Å². The van der Waals surface area contributed by atoms with E-state index in [0.29, 0.717) is 16.1 Å². The zero-order valence-corrected chi connectivity index (χ0v) is 18.1. The zero-order valence-electron chi connectivity index (χ0n) is 15.7. The van der Waals surface area contributed by atoms with E-state index in [0.717, 1.165) is 11.1 Å². The summed E-state index contributed by atoms with van der Waals surface area (Å²) in [5.41, 5.74) is 1.86. The summed E-state index contributed by atoms with van der Waals surface area (Å²) in [6, 6.07) is 11.5. The van der Waals surface area contributed by atoms with Gasteiger partial charge in [-0.05, 0) is 43.7 Å². The highest BCUT2D eigenvalue weighted by atomic mass is 79.9. The smallest absolute Gasteiger partial charge is 0.239 e. The number of benzene rings is 2. The van der Waals surface area contributed by atoms with Crippen molar-refractivity contribution in [2.24, 2.45) is 0 Å². The van der Waals surface area contributed by atoms with Crippen molar-refractivity contribution in [3.63, 3.8) is 0 Å². The fraction of sp³-hybridized carbons (Fsp3) is 0.200. The number of sulfone groups is 1. The molecule has 0 saturated heterocycles. The highest BCUT2D eigenvalue weighted by Gasteiger charge is 2.23. The Balaban J connectivity index is 1.72. The number of aromatic nitrogens is 1. The number of nitrogens with one attached hydrogen (secondary N) is 1. The fourth-order valence-corrected chi connectivity index (χ4v) is 4.32. The molecule has 0 atom stereocenters. The van der Waals surface area contributed by atoms with E-state index in [2.05, 4.69) is 26.2 Å². The summed E-state index contributed by atoms with van der Waals surface area (Å²) in [5.74, 6) is -2.05. The molecule has 0 aliphatic carbocycles. The molecule has 0 fully saturated rings. The molecule has 9 heteroatoms. The van der Waals surface area contributed by atoms with Crippen LogP contribution in [0.15, 0.2) is 51.4 Å². The van der Waals surface area contributed by atoms with Gasteiger partial charge in [0.05, 0.1) is 17.1 Å². The van der Waals surface area contributed by atoms with Crippen molar-refractivity contribution in [3.05, 3.63) is 69.8 Å². The molecule has 0 aliphatic rings. The maximum absolute atomic E-state index is 13.8. The molecule has 1 N–H and O–H groups in total. The van der Waals surface area contributed by atoms with Crippen LogP contribution in [0.25, 0.3) is 11.5 Å². The average Bonchev–Trinajstić information content (AvgIpc) is 2.97. The van der Waals surface area contributed by atoms with Crippen LogP contribution in [-0.2, 0) is 20.4 Å². The summed E-state index contributed by atoms with van der Waals surface area (Å²) in [7, 11) is -3.84. The number of rotatable bonds is 6. The molecule has 1 heterocycles. The van der Waals surface area contributed by atoms with Crippen molar-refractivity contribution in [2.45, 2.75) is 19.6 Å². The van der Waals surface area contributed by atoms with E-state index in [4.69, 9.17) is 4.42 Å². The van der Waals surface area contributed by atoms with Gasteiger partial charge in [-0.2, -0.15) is 0 Å². The lowest BCUT2D eigenvalue weighted by molar-refractivity contribution is -0.113. The van der Waals surface area contributed by atoms with E-state index < -0.39 is 33.1 Å². The first-order chi connectivity index (χ1) is 13.6. The summed E-state index contributed by atoms with van der Waals surface area (Å²) in [6.45, 7) is 3.52. The van der Waals surface area contributed by atoms with Gasteiger partial charge in [0.15, 0.2) is 9.84 Å². The van der Waals surface area contributed by atoms with Gasteiger partial charge >= 0.3 is 0 Å². The number of nitrogens with zero attached hydrogens (tertiary/aromatic N) is 1. The highest BCUT2D eigenvalue weighted by molar-refractivity contribution is 9.10. The first kappa shape index (κ1) is 21.2. The van der Waals surface area contributed by atoms with E-state index in [1.165, 1.54) is 12.1 Å². The van der Waals surface area contributed by atoms with E-state index >= 15 is 0 Å². The molecule has 152 valence electrons. The van der Waals surface area contributed by atoms with Crippen molar-refractivity contribution in [2.75, 3.05) is 11.1 Å². The molecule has 0 bridgehead atoms. The maximum Gasteiger partial charge on any atom is 0.239 e. The third-order valence-corrected chi connectivity index (χ3v) is 6.09. The predicted octanol–water partition coefficient (Wildman–Crippen LogP) is 4.41. The Bertz CT molecular complexity index is 1170. The van der Waals surface area contributed by atoms with Crippen LogP contribution in [0, 0.1) is 19.7 Å². The highest BCUT2D eigenvalue weighted by Crippen LogP contribution is 2.26. The van der Waals surface area contributed by atoms with Crippen LogP contribution in [0.2, 0.25) is 0 Å². The number of hydrogen-bond donors (Lipinski definition) is 1. The summed E-state index contributed by atoms with van der Waals surface area (Å²) in [6.07, 6.45) is 0. The van der Waals surface area contributed by atoms with Gasteiger partial charge in [0.25, 0.3) is 0 Å². The Labute approximate surface area is 176 Å². The van der Waals surface area contributed by atoms with Crippen molar-refractivity contribution >= 4 is 37.4 Å². The van der Waals surface area contributed by atoms with Crippen LogP contribution >= 0.6 is 15.9 Å². The zero-order chi connectivity index (χ0) is 21.2. The lowest BCUT2D eigenvalue weighted by Crippen LogP contribution is -2.24. The van der Waals surface area contributed by atoms with Gasteiger partial charge in [-0.3, -0.25) is 4.79 Å². The van der Waals surface area contributed by atoms with Gasteiger partial charge in [-0.25, -0.2) is 17.8 Å². The number of carbonyl (C=O) groups is 1. The van der Waals surface area contributed by atoms with E-state index in [1.807, 2.05) is 31.2 Å². The van der Waals surface area contributed by atoms with Crippen molar-refractivity contribution in [1.82, 2.24) is 4.98 Å². The molecule has 0 saturated carbocycles. The number of anilines is 1. The summed E-state index contributed by atoms with van der Waals surface area (Å²) in [5, 5.41) is 2.27. The minimum atomic E-state index is -3.84. The number of carbonyl (C=O) groups excluding carboxylic acids is 1. The molecule has 0 aliphatic heterocycles. The average molecular weight is 481 g/mol. The first-order valence-electron chi connectivity index (χ1n) is 8.62. The van der Waals surface area contributed by atoms with Crippen molar-refractivity contribution < 1.29 is 22.0 Å². The Morgan fingerprint density at radius 3 is 2.62 bits per heavy atom. The Morgan fingerprint density at radius 1 is 1.21 bits per heavy atom. The fourth-order valence-electron chi connectivity index (χ4n) is 2.73. The second-order valence-corrected chi connectivity index (χ2v) is 9.52.